The highest BCUT2D eigenvalue weighted by atomic mass is 16.3. The molecular weight excluding hydrogens is 384 g/mol. The minimum Gasteiger partial charge on any atom is -0.396 e. The van der Waals surface area contributed by atoms with Crippen LogP contribution in [0.4, 0.5) is 0 Å². The van der Waals surface area contributed by atoms with Crippen LogP contribution in [-0.4, -0.2) is 59.0 Å². The fourth-order valence-electron chi connectivity index (χ4n) is 3.41. The molecule has 0 bridgehead atoms. The van der Waals surface area contributed by atoms with Crippen molar-refractivity contribution in [3.05, 3.63) is 0 Å². The van der Waals surface area contributed by atoms with E-state index in [2.05, 4.69) is 17.6 Å². The number of rotatable bonds is 21. The molecule has 1 unspecified atom stereocenters. The van der Waals surface area contributed by atoms with E-state index in [4.69, 9.17) is 5.11 Å². The van der Waals surface area contributed by atoms with Crippen LogP contribution in [0.5, 0.6) is 0 Å². The van der Waals surface area contributed by atoms with E-state index in [9.17, 15) is 19.8 Å². The SMILES string of the molecule is CCCCCCCCCCC[C@@H](O)CC(=O)NC(CO)CCCNC(=O)CCCO. The van der Waals surface area contributed by atoms with Gasteiger partial charge in [-0.1, -0.05) is 64.7 Å². The number of carbonyl (C=O) groups excluding carboxylic acids is 2. The zero-order valence-electron chi connectivity index (χ0n) is 19.0. The standard InChI is InChI=1S/C23H46N2O5/c1-2-3-4-5-6-7-8-9-10-14-21(28)18-23(30)25-20(19-27)13-11-16-24-22(29)15-12-17-26/h20-21,26-28H,2-19H2,1H3,(H,24,29)(H,25,30)/t20?,21-/m1/s1. The van der Waals surface area contributed by atoms with E-state index in [1.54, 1.807) is 0 Å². The van der Waals surface area contributed by atoms with Gasteiger partial charge in [0.25, 0.3) is 0 Å². The van der Waals surface area contributed by atoms with Gasteiger partial charge < -0.3 is 26.0 Å². The number of nitrogens with one attached hydrogen (secondary N) is 2. The van der Waals surface area contributed by atoms with Gasteiger partial charge in [0, 0.05) is 19.6 Å². The fraction of sp³-hybridized carbons (Fsp3) is 0.913. The van der Waals surface area contributed by atoms with E-state index in [0.29, 0.717) is 38.6 Å². The second kappa shape index (κ2) is 21.1. The van der Waals surface area contributed by atoms with Gasteiger partial charge in [-0.25, -0.2) is 0 Å². The van der Waals surface area contributed by atoms with Crippen LogP contribution in [0.15, 0.2) is 0 Å². The van der Waals surface area contributed by atoms with Crippen molar-refractivity contribution in [3.8, 4) is 0 Å². The third kappa shape index (κ3) is 18.8. The molecule has 5 N–H and O–H groups in total. The van der Waals surface area contributed by atoms with Crippen LogP contribution >= 0.6 is 0 Å². The summed E-state index contributed by atoms with van der Waals surface area (Å²) in [4.78, 5) is 23.5. The van der Waals surface area contributed by atoms with E-state index in [1.165, 1.54) is 44.9 Å². The van der Waals surface area contributed by atoms with Gasteiger partial charge in [0.05, 0.1) is 25.2 Å². The topological polar surface area (TPSA) is 119 Å². The summed E-state index contributed by atoms with van der Waals surface area (Å²) in [5.41, 5.74) is 0. The maximum absolute atomic E-state index is 12.1. The molecule has 2 atom stereocenters. The highest BCUT2D eigenvalue weighted by Crippen LogP contribution is 2.12. The van der Waals surface area contributed by atoms with E-state index in [1.807, 2.05) is 0 Å². The summed E-state index contributed by atoms with van der Waals surface area (Å²) in [6.45, 7) is 2.52. The predicted octanol–water partition coefficient (Wildman–Crippen LogP) is 2.80. The molecule has 0 aliphatic carbocycles. The average molecular weight is 431 g/mol. The third-order valence-corrected chi connectivity index (χ3v) is 5.26. The van der Waals surface area contributed by atoms with Crippen LogP contribution in [0.3, 0.4) is 0 Å². The highest BCUT2D eigenvalue weighted by molar-refractivity contribution is 5.76. The lowest BCUT2D eigenvalue weighted by molar-refractivity contribution is -0.124. The minimum absolute atomic E-state index is 0.00296. The summed E-state index contributed by atoms with van der Waals surface area (Å²) in [7, 11) is 0. The van der Waals surface area contributed by atoms with E-state index >= 15 is 0 Å². The summed E-state index contributed by atoms with van der Waals surface area (Å²) in [5, 5.41) is 33.7. The van der Waals surface area contributed by atoms with Crippen LogP contribution in [0.2, 0.25) is 0 Å². The number of aliphatic hydroxyl groups is 3. The molecule has 0 saturated carbocycles. The van der Waals surface area contributed by atoms with Gasteiger partial charge in [-0.3, -0.25) is 9.59 Å². The Kier molecular flexibility index (Phi) is 20.2. The quantitative estimate of drug-likeness (QED) is 0.179. The van der Waals surface area contributed by atoms with Crippen LogP contribution < -0.4 is 10.6 Å². The van der Waals surface area contributed by atoms with Crippen LogP contribution in [0, 0.1) is 0 Å². The van der Waals surface area contributed by atoms with Crippen molar-refractivity contribution in [1.29, 1.82) is 0 Å². The molecule has 0 fully saturated rings. The number of unbranched alkanes of at least 4 members (excludes halogenated alkanes) is 8. The number of hydrogen-bond donors (Lipinski definition) is 5. The summed E-state index contributed by atoms with van der Waals surface area (Å²) < 4.78 is 0. The Labute approximate surface area is 183 Å². The van der Waals surface area contributed by atoms with E-state index in [-0.39, 0.29) is 37.5 Å². The van der Waals surface area contributed by atoms with Gasteiger partial charge in [0.1, 0.15) is 0 Å². The third-order valence-electron chi connectivity index (χ3n) is 5.26. The molecule has 0 rings (SSSR count). The number of aliphatic hydroxyl groups excluding tert-OH is 3. The number of carbonyl (C=O) groups is 2. The summed E-state index contributed by atoms with van der Waals surface area (Å²) in [5.74, 6) is -0.349. The molecule has 0 saturated heterocycles. The maximum Gasteiger partial charge on any atom is 0.222 e. The van der Waals surface area contributed by atoms with Crippen molar-refractivity contribution in [1.82, 2.24) is 10.6 Å². The molecule has 0 radical (unpaired) electrons. The Morgan fingerprint density at radius 1 is 0.800 bits per heavy atom. The first-order valence-electron chi connectivity index (χ1n) is 12.0. The minimum atomic E-state index is -0.639. The summed E-state index contributed by atoms with van der Waals surface area (Å²) in [6, 6.07) is -0.369. The van der Waals surface area contributed by atoms with Gasteiger partial charge in [-0.15, -0.1) is 0 Å². The van der Waals surface area contributed by atoms with Gasteiger partial charge in [0.15, 0.2) is 0 Å². The van der Waals surface area contributed by atoms with Gasteiger partial charge in [0.2, 0.25) is 11.8 Å². The second-order valence-corrected chi connectivity index (χ2v) is 8.24. The van der Waals surface area contributed by atoms with Crippen molar-refractivity contribution >= 4 is 11.8 Å². The molecule has 7 heteroatoms. The first-order valence-corrected chi connectivity index (χ1v) is 12.0. The Balaban J connectivity index is 3.73. The van der Waals surface area contributed by atoms with Crippen molar-refractivity contribution in [2.45, 2.75) is 115 Å². The fourth-order valence-corrected chi connectivity index (χ4v) is 3.41. The number of hydrogen-bond acceptors (Lipinski definition) is 5. The molecule has 0 heterocycles. The molecule has 0 aromatic rings. The van der Waals surface area contributed by atoms with Crippen molar-refractivity contribution in [3.63, 3.8) is 0 Å². The van der Waals surface area contributed by atoms with Crippen molar-refractivity contribution < 1.29 is 24.9 Å². The molecule has 2 amide bonds. The highest BCUT2D eigenvalue weighted by Gasteiger charge is 2.15. The lowest BCUT2D eigenvalue weighted by Gasteiger charge is -2.18. The second-order valence-electron chi connectivity index (χ2n) is 8.24. The van der Waals surface area contributed by atoms with E-state index < -0.39 is 6.10 Å². The van der Waals surface area contributed by atoms with Crippen LogP contribution in [-0.2, 0) is 9.59 Å². The normalized spacial score (nSPS) is 13.1. The average Bonchev–Trinajstić information content (AvgIpc) is 2.73. The predicted molar refractivity (Wildman–Crippen MR) is 120 cm³/mol. The Morgan fingerprint density at radius 3 is 2.03 bits per heavy atom. The Morgan fingerprint density at radius 2 is 1.43 bits per heavy atom. The molecule has 0 aliphatic heterocycles. The Bertz CT molecular complexity index is 420. The lowest BCUT2D eigenvalue weighted by atomic mass is 10.0. The smallest absolute Gasteiger partial charge is 0.222 e. The molecule has 178 valence electrons. The zero-order valence-corrected chi connectivity index (χ0v) is 19.0. The van der Waals surface area contributed by atoms with Gasteiger partial charge in [-0.2, -0.15) is 0 Å². The molecule has 7 nitrogen and oxygen atoms in total. The van der Waals surface area contributed by atoms with Crippen molar-refractivity contribution in [2.24, 2.45) is 0 Å². The molecule has 0 aromatic carbocycles. The van der Waals surface area contributed by atoms with Gasteiger partial charge in [-0.05, 0) is 25.7 Å². The molecular formula is C23H46N2O5. The van der Waals surface area contributed by atoms with Gasteiger partial charge >= 0.3 is 0 Å². The van der Waals surface area contributed by atoms with Crippen LogP contribution in [0.25, 0.3) is 0 Å². The summed E-state index contributed by atoms with van der Waals surface area (Å²) in [6.07, 6.45) is 13.0. The number of amides is 2. The largest absolute Gasteiger partial charge is 0.396 e. The first kappa shape index (κ1) is 28.8. The van der Waals surface area contributed by atoms with Crippen molar-refractivity contribution in [2.75, 3.05) is 19.8 Å². The lowest BCUT2D eigenvalue weighted by Crippen LogP contribution is -2.39. The van der Waals surface area contributed by atoms with Crippen LogP contribution in [0.1, 0.15) is 103 Å². The molecule has 0 aliphatic rings. The van der Waals surface area contributed by atoms with E-state index in [0.717, 1.165) is 12.8 Å². The molecule has 0 aromatic heterocycles. The monoisotopic (exact) mass is 430 g/mol. The maximum atomic E-state index is 12.1. The first-order chi connectivity index (χ1) is 14.5. The Hall–Kier alpha value is -1.18. The molecule has 0 spiro atoms. The summed E-state index contributed by atoms with van der Waals surface area (Å²) >= 11 is 0. The zero-order chi connectivity index (χ0) is 22.5. The molecule has 30 heavy (non-hydrogen) atoms.